The third-order valence-corrected chi connectivity index (χ3v) is 0. The third-order valence-electron chi connectivity index (χ3n) is 0. The van der Waals surface area contributed by atoms with Gasteiger partial charge in [0.15, 0.2) is 0 Å². The van der Waals surface area contributed by atoms with Gasteiger partial charge in [-0.2, -0.15) is 0 Å². The summed E-state index contributed by atoms with van der Waals surface area (Å²) in [6.07, 6.45) is 0. The predicted molar refractivity (Wildman–Crippen MR) is 49.7 cm³/mol. The molecule has 0 spiro atoms. The summed E-state index contributed by atoms with van der Waals surface area (Å²) in [7, 11) is -23.6. The maximum absolute atomic E-state index is 10.1. The second-order valence-electron chi connectivity index (χ2n) is 1.92. The molecule has 0 aliphatic rings. The molecule has 21 heavy (non-hydrogen) atoms. The van der Waals surface area contributed by atoms with Crippen LogP contribution in [0.1, 0.15) is 0 Å². The summed E-state index contributed by atoms with van der Waals surface area (Å²) >= 11 is 0. The fourth-order valence-corrected chi connectivity index (χ4v) is 0. The van der Waals surface area contributed by atoms with Gasteiger partial charge in [0.1, 0.15) is 0 Å². The average molecular weight is 370 g/mol. The van der Waals surface area contributed by atoms with Gasteiger partial charge in [-0.3, -0.25) is 4.89 Å². The van der Waals surface area contributed by atoms with Crippen LogP contribution in [0.4, 0.5) is 60.2 Å². The van der Waals surface area contributed by atoms with Crippen LogP contribution in [0.5, 0.6) is 0 Å². The summed E-state index contributed by atoms with van der Waals surface area (Å²) in [6.45, 7) is 0. The minimum atomic E-state index is -6.00. The van der Waals surface area contributed by atoms with E-state index >= 15 is 0 Å². The molecule has 0 aromatic rings. The molecule has 0 rings (SSSR count). The van der Waals surface area contributed by atoms with Gasteiger partial charge in [-0.15, -0.1) is 8.39 Å². The van der Waals surface area contributed by atoms with Crippen molar-refractivity contribution in [3.8, 4) is 0 Å². The van der Waals surface area contributed by atoms with Crippen LogP contribution in [0.25, 0.3) is 0 Å². The Morgan fingerprint density at radius 1 is 0.571 bits per heavy atom. The number of hydrogen-bond donors (Lipinski definition) is 1. The monoisotopic (exact) mass is 371 g/mol. The van der Waals surface area contributed by atoms with Crippen LogP contribution in [0.3, 0.4) is 0 Å². The molecular weight excluding hydrogens is 368 g/mol. The molecule has 0 aromatic carbocycles. The summed E-state index contributed by atoms with van der Waals surface area (Å²) in [5, 5.41) is 0. The first kappa shape index (κ1) is 32.8. The summed E-state index contributed by atoms with van der Waals surface area (Å²) < 4.78 is 146. The molecule has 1 N–H and O–H groups in total. The van der Waals surface area contributed by atoms with Crippen LogP contribution in [-0.4, -0.2) is 45.5 Å². The van der Waals surface area contributed by atoms with Crippen molar-refractivity contribution in [2.45, 2.75) is 0 Å². The molecule has 130 valence electrons. The van der Waals surface area contributed by atoms with Gasteiger partial charge in [-0.25, -0.2) is 4.57 Å². The van der Waals surface area contributed by atoms with E-state index in [4.69, 9.17) is 9.46 Å². The van der Waals surface area contributed by atoms with Gasteiger partial charge in [0.2, 0.25) is 0 Å². The standard InChI is InChI=1S/3BF4.F2HO2P.Li.H/c3*2-1(3,4)5;1-5(2,3)4;;/h;;;(H,3,4);;/q3*-1;;;. The van der Waals surface area contributed by atoms with E-state index in [0.717, 1.165) is 0 Å². The van der Waals surface area contributed by atoms with Gasteiger partial charge >= 0.3 is 48.6 Å². The summed E-state index contributed by atoms with van der Waals surface area (Å²) in [5.74, 6) is 0. The second kappa shape index (κ2) is 12.5. The molecule has 2 nitrogen and oxygen atoms in total. The SMILES string of the molecule is F[B-](F)(F)F.F[B-](F)(F)F.F[B-](F)(F)F.O=P(O)(F)F.[LiH]. The molecule has 0 radical (unpaired) electrons. The van der Waals surface area contributed by atoms with Crippen molar-refractivity contribution in [2.75, 3.05) is 0 Å². The number of halogens is 14. The maximum atomic E-state index is 10.1. The molecule has 0 unspecified atom stereocenters. The summed E-state index contributed by atoms with van der Waals surface area (Å²) in [5.41, 5.74) is 0. The first-order valence-corrected chi connectivity index (χ1v) is 4.78. The van der Waals surface area contributed by atoms with Crippen LogP contribution >= 0.6 is 7.99 Å². The molecule has 0 aliphatic heterocycles. The molecule has 0 amide bonds. The van der Waals surface area contributed by atoms with E-state index in [-0.39, 0.29) is 18.9 Å². The van der Waals surface area contributed by atoms with Crippen molar-refractivity contribution in [3.05, 3.63) is 0 Å². The van der Waals surface area contributed by atoms with E-state index in [1.807, 2.05) is 0 Å². The molecule has 0 fully saturated rings. The normalized spacial score (nSPS) is 11.4. The fourth-order valence-electron chi connectivity index (χ4n) is 0. The molecule has 0 bridgehead atoms. The third kappa shape index (κ3) is 1330000000. The van der Waals surface area contributed by atoms with Gasteiger partial charge in [0, 0.05) is 0 Å². The second-order valence-corrected chi connectivity index (χ2v) is 2.79. The fraction of sp³-hybridized carbons (Fsp3) is 0. The van der Waals surface area contributed by atoms with Crippen molar-refractivity contribution in [2.24, 2.45) is 0 Å². The molecule has 0 saturated carbocycles. The van der Waals surface area contributed by atoms with Crippen molar-refractivity contribution in [3.63, 3.8) is 0 Å². The first-order chi connectivity index (χ1) is 8.00. The van der Waals surface area contributed by atoms with Gasteiger partial charge in [0.05, 0.1) is 0 Å². The Labute approximate surface area is 119 Å². The predicted octanol–water partition coefficient (Wildman–Crippen LogP) is 4.28. The van der Waals surface area contributed by atoms with Crippen LogP contribution in [0, 0.1) is 0 Å². The Morgan fingerprint density at radius 2 is 0.571 bits per heavy atom. The summed E-state index contributed by atoms with van der Waals surface area (Å²) in [4.78, 5) is 6.74. The van der Waals surface area contributed by atoms with Crippen LogP contribution in [-0.2, 0) is 4.57 Å². The van der Waals surface area contributed by atoms with Crippen molar-refractivity contribution in [1.29, 1.82) is 0 Å². The van der Waals surface area contributed by atoms with Crippen molar-refractivity contribution >= 4 is 48.6 Å². The zero-order chi connectivity index (χ0) is 18.0. The van der Waals surface area contributed by atoms with Gasteiger partial charge in [-0.05, 0) is 0 Å². The molecule has 21 heteroatoms. The Kier molecular flexibility index (Phi) is 19.6. The van der Waals surface area contributed by atoms with Gasteiger partial charge in [0.25, 0.3) is 0 Å². The Hall–Kier alpha value is 0.00221. The zero-order valence-corrected chi connectivity index (χ0v) is 9.22. The van der Waals surface area contributed by atoms with E-state index in [2.05, 4.69) is 0 Å². The Morgan fingerprint density at radius 3 is 0.571 bits per heavy atom. The first-order valence-electron chi connectivity index (χ1n) is 3.34. The molecule has 0 atom stereocenters. The van der Waals surface area contributed by atoms with Crippen molar-refractivity contribution in [1.82, 2.24) is 0 Å². The van der Waals surface area contributed by atoms with E-state index in [9.17, 15) is 60.2 Å². The van der Waals surface area contributed by atoms with Crippen LogP contribution < -0.4 is 0 Å². The number of rotatable bonds is 0. The van der Waals surface area contributed by atoms with Gasteiger partial charge in [-0.1, -0.05) is 0 Å². The molecule has 0 heterocycles. The Balaban J connectivity index is -0.0000000533. The van der Waals surface area contributed by atoms with E-state index in [1.165, 1.54) is 0 Å². The van der Waals surface area contributed by atoms with E-state index in [1.54, 1.807) is 0 Å². The van der Waals surface area contributed by atoms with Crippen molar-refractivity contribution < 1.29 is 69.6 Å². The molecular formula is H2B3F14LiO2P-3. The quantitative estimate of drug-likeness (QED) is 0.393. The molecule has 0 saturated heterocycles. The Bertz CT molecular complexity index is 206. The van der Waals surface area contributed by atoms with Gasteiger partial charge < -0.3 is 51.8 Å². The van der Waals surface area contributed by atoms with E-state index in [0.29, 0.717) is 0 Å². The van der Waals surface area contributed by atoms with E-state index < -0.39 is 29.8 Å². The summed E-state index contributed by atoms with van der Waals surface area (Å²) in [6, 6.07) is 0. The minimum absolute atomic E-state index is 0. The molecule has 0 aliphatic carbocycles. The van der Waals surface area contributed by atoms with Crippen LogP contribution in [0.15, 0.2) is 0 Å². The van der Waals surface area contributed by atoms with Crippen LogP contribution in [0.2, 0.25) is 0 Å². The average Bonchev–Trinajstić information content (AvgIpc) is 1.62. The topological polar surface area (TPSA) is 37.3 Å². The zero-order valence-electron chi connectivity index (χ0n) is 8.33. The number of hydrogen-bond acceptors (Lipinski definition) is 1. The molecule has 0 aromatic heterocycles.